The minimum Gasteiger partial charge on any atom is -0.497 e. The Labute approximate surface area is 196 Å². The van der Waals surface area contributed by atoms with Crippen LogP contribution in [-0.4, -0.2) is 41.3 Å². The molecular formula is C24H28N2O5S2. The van der Waals surface area contributed by atoms with Crippen LogP contribution in [0.5, 0.6) is 5.75 Å². The van der Waals surface area contributed by atoms with Crippen LogP contribution in [0.1, 0.15) is 19.4 Å². The maximum absolute atomic E-state index is 13.6. The van der Waals surface area contributed by atoms with Crippen molar-refractivity contribution in [3.63, 3.8) is 0 Å². The van der Waals surface area contributed by atoms with Gasteiger partial charge in [-0.3, -0.25) is 4.31 Å². The number of hydrogen-bond acceptors (Lipinski definition) is 5. The van der Waals surface area contributed by atoms with Crippen LogP contribution in [-0.2, 0) is 26.6 Å². The summed E-state index contributed by atoms with van der Waals surface area (Å²) in [6.45, 7) is 4.31. The molecule has 0 bridgehead atoms. The van der Waals surface area contributed by atoms with Crippen molar-refractivity contribution in [2.45, 2.75) is 30.2 Å². The molecule has 0 spiro atoms. The van der Waals surface area contributed by atoms with E-state index >= 15 is 0 Å². The van der Waals surface area contributed by atoms with Crippen molar-refractivity contribution in [1.29, 1.82) is 0 Å². The van der Waals surface area contributed by atoms with Gasteiger partial charge in [-0.1, -0.05) is 44.2 Å². The smallest absolute Gasteiger partial charge is 0.264 e. The standard InChI is InChI=1S/C24H28N2O5S2/c1-4-25(5-2)32(27,28)23-15-17-24(18-16-23)33(29,30)26(19-20-9-7-6-8-10-20)21-11-13-22(31-3)14-12-21/h6-18H,4-5,19H2,1-3H3. The molecule has 0 heterocycles. The average molecular weight is 489 g/mol. The number of ether oxygens (including phenoxy) is 1. The maximum atomic E-state index is 13.6. The van der Waals surface area contributed by atoms with Gasteiger partial charge in [0.2, 0.25) is 10.0 Å². The molecule has 33 heavy (non-hydrogen) atoms. The van der Waals surface area contributed by atoms with Crippen molar-refractivity contribution in [3.8, 4) is 5.75 Å². The number of methoxy groups -OCH3 is 1. The third-order valence-corrected chi connectivity index (χ3v) is 9.14. The Kier molecular flexibility index (Phi) is 7.78. The third kappa shape index (κ3) is 5.38. The summed E-state index contributed by atoms with van der Waals surface area (Å²) in [5, 5.41) is 0. The highest BCUT2D eigenvalue weighted by Crippen LogP contribution is 2.28. The molecule has 3 rings (SSSR count). The summed E-state index contributed by atoms with van der Waals surface area (Å²) >= 11 is 0. The van der Waals surface area contributed by atoms with Gasteiger partial charge in [-0.2, -0.15) is 4.31 Å². The van der Waals surface area contributed by atoms with E-state index in [4.69, 9.17) is 4.74 Å². The topological polar surface area (TPSA) is 84.0 Å². The Hall–Kier alpha value is -2.88. The summed E-state index contributed by atoms with van der Waals surface area (Å²) < 4.78 is 60.6. The molecule has 0 unspecified atom stereocenters. The molecule has 0 atom stereocenters. The van der Waals surface area contributed by atoms with Gasteiger partial charge in [0.1, 0.15) is 5.75 Å². The van der Waals surface area contributed by atoms with Crippen molar-refractivity contribution in [2.75, 3.05) is 24.5 Å². The van der Waals surface area contributed by atoms with Crippen LogP contribution >= 0.6 is 0 Å². The van der Waals surface area contributed by atoms with Gasteiger partial charge in [0.05, 0.1) is 29.1 Å². The predicted molar refractivity (Wildman–Crippen MR) is 129 cm³/mol. The lowest BCUT2D eigenvalue weighted by Gasteiger charge is -2.25. The minimum atomic E-state index is -3.98. The third-order valence-electron chi connectivity index (χ3n) is 5.28. The van der Waals surface area contributed by atoms with Crippen LogP contribution in [0.25, 0.3) is 0 Å². The highest BCUT2D eigenvalue weighted by Gasteiger charge is 2.27. The maximum Gasteiger partial charge on any atom is 0.264 e. The van der Waals surface area contributed by atoms with Crippen molar-refractivity contribution in [2.24, 2.45) is 0 Å². The first-order valence-electron chi connectivity index (χ1n) is 10.5. The van der Waals surface area contributed by atoms with Crippen LogP contribution < -0.4 is 9.04 Å². The van der Waals surface area contributed by atoms with Crippen LogP contribution in [0.3, 0.4) is 0 Å². The largest absolute Gasteiger partial charge is 0.497 e. The normalized spacial score (nSPS) is 12.0. The number of nitrogens with zero attached hydrogens (tertiary/aromatic N) is 2. The summed E-state index contributed by atoms with van der Waals surface area (Å²) in [5.74, 6) is 0.613. The molecular weight excluding hydrogens is 460 g/mol. The number of hydrogen-bond donors (Lipinski definition) is 0. The molecule has 0 amide bonds. The van der Waals surface area contributed by atoms with E-state index < -0.39 is 20.0 Å². The van der Waals surface area contributed by atoms with E-state index in [0.29, 0.717) is 24.5 Å². The second-order valence-electron chi connectivity index (χ2n) is 7.26. The SMILES string of the molecule is CCN(CC)S(=O)(=O)c1ccc(S(=O)(=O)N(Cc2ccccc2)c2ccc(OC)cc2)cc1. The Morgan fingerprint density at radius 1 is 0.697 bits per heavy atom. The van der Waals surface area contributed by atoms with Gasteiger partial charge >= 0.3 is 0 Å². The fraction of sp³-hybridized carbons (Fsp3) is 0.250. The van der Waals surface area contributed by atoms with Gasteiger partial charge in [0.25, 0.3) is 10.0 Å². The lowest BCUT2D eigenvalue weighted by Crippen LogP contribution is -2.31. The van der Waals surface area contributed by atoms with E-state index in [-0.39, 0.29) is 16.3 Å². The molecule has 0 aliphatic rings. The van der Waals surface area contributed by atoms with E-state index in [1.54, 1.807) is 45.2 Å². The van der Waals surface area contributed by atoms with Gasteiger partial charge in [-0.15, -0.1) is 0 Å². The van der Waals surface area contributed by atoms with Crippen LogP contribution in [0.2, 0.25) is 0 Å². The fourth-order valence-electron chi connectivity index (χ4n) is 3.44. The van der Waals surface area contributed by atoms with E-state index in [1.165, 1.54) is 32.9 Å². The zero-order valence-electron chi connectivity index (χ0n) is 18.9. The van der Waals surface area contributed by atoms with Crippen LogP contribution in [0.15, 0.2) is 88.7 Å². The fourth-order valence-corrected chi connectivity index (χ4v) is 6.35. The molecule has 0 saturated carbocycles. The molecule has 3 aromatic rings. The Morgan fingerprint density at radius 3 is 1.70 bits per heavy atom. The number of anilines is 1. The predicted octanol–water partition coefficient (Wildman–Crippen LogP) is 4.12. The van der Waals surface area contributed by atoms with Crippen LogP contribution in [0, 0.1) is 0 Å². The summed E-state index contributed by atoms with van der Waals surface area (Å²) in [7, 11) is -6.12. The van der Waals surface area contributed by atoms with Crippen molar-refractivity contribution in [1.82, 2.24) is 4.31 Å². The molecule has 0 aliphatic carbocycles. The second-order valence-corrected chi connectivity index (χ2v) is 11.1. The van der Waals surface area contributed by atoms with E-state index in [9.17, 15) is 16.8 Å². The summed E-state index contributed by atoms with van der Waals surface area (Å²) in [6, 6.07) is 21.4. The van der Waals surface area contributed by atoms with Crippen molar-refractivity contribution < 1.29 is 21.6 Å². The molecule has 0 aliphatic heterocycles. The Morgan fingerprint density at radius 2 is 1.21 bits per heavy atom. The minimum absolute atomic E-state index is 0.00717. The molecule has 7 nitrogen and oxygen atoms in total. The van der Waals surface area contributed by atoms with E-state index in [1.807, 2.05) is 30.3 Å². The first kappa shape index (κ1) is 24.8. The number of sulfonamides is 2. The first-order chi connectivity index (χ1) is 15.7. The lowest BCUT2D eigenvalue weighted by atomic mass is 10.2. The summed E-state index contributed by atoms with van der Waals surface area (Å²) in [4.78, 5) is 0.0666. The Balaban J connectivity index is 2.02. The number of rotatable bonds is 10. The zero-order chi connectivity index (χ0) is 24.1. The van der Waals surface area contributed by atoms with Gasteiger partial charge in [-0.25, -0.2) is 16.8 Å². The average Bonchev–Trinajstić information content (AvgIpc) is 2.84. The Bertz CT molecular complexity index is 1250. The molecule has 3 aromatic carbocycles. The van der Waals surface area contributed by atoms with E-state index in [0.717, 1.165) is 5.56 Å². The molecule has 0 radical (unpaired) electrons. The van der Waals surface area contributed by atoms with Gasteiger partial charge in [0, 0.05) is 13.1 Å². The van der Waals surface area contributed by atoms with Crippen LogP contribution in [0.4, 0.5) is 5.69 Å². The molecule has 0 saturated heterocycles. The van der Waals surface area contributed by atoms with Gasteiger partial charge < -0.3 is 4.74 Å². The monoisotopic (exact) mass is 488 g/mol. The highest BCUT2D eigenvalue weighted by atomic mass is 32.2. The quantitative estimate of drug-likeness (QED) is 0.429. The second kappa shape index (κ2) is 10.4. The summed E-state index contributed by atoms with van der Waals surface area (Å²) in [5.41, 5.74) is 1.29. The van der Waals surface area contributed by atoms with E-state index in [2.05, 4.69) is 0 Å². The summed E-state index contributed by atoms with van der Waals surface area (Å²) in [6.07, 6.45) is 0. The molecule has 0 fully saturated rings. The van der Waals surface area contributed by atoms with Crippen molar-refractivity contribution >= 4 is 25.7 Å². The highest BCUT2D eigenvalue weighted by molar-refractivity contribution is 7.92. The number of benzene rings is 3. The first-order valence-corrected chi connectivity index (χ1v) is 13.4. The van der Waals surface area contributed by atoms with Gasteiger partial charge in [0.15, 0.2) is 0 Å². The lowest BCUT2D eigenvalue weighted by molar-refractivity contribution is 0.415. The van der Waals surface area contributed by atoms with Gasteiger partial charge in [-0.05, 0) is 54.1 Å². The molecule has 176 valence electrons. The molecule has 0 aromatic heterocycles. The zero-order valence-corrected chi connectivity index (χ0v) is 20.5. The van der Waals surface area contributed by atoms with Crippen molar-refractivity contribution in [3.05, 3.63) is 84.4 Å². The molecule has 0 N–H and O–H groups in total. The molecule has 9 heteroatoms.